The van der Waals surface area contributed by atoms with Gasteiger partial charge in [0.25, 0.3) is 6.08 Å². The molecule has 0 bridgehead atoms. The van der Waals surface area contributed by atoms with E-state index in [-0.39, 0.29) is 12.2 Å². The molecule has 1 aromatic carbocycles. The molecule has 2 rings (SSSR count). The molecule has 1 heterocycles. The zero-order chi connectivity index (χ0) is 14.5. The maximum absolute atomic E-state index is 12.0. The lowest BCUT2D eigenvalue weighted by Gasteiger charge is -1.96. The lowest BCUT2D eigenvalue weighted by Crippen LogP contribution is -1.99. The molecule has 20 heavy (non-hydrogen) atoms. The molecule has 0 fully saturated rings. The summed E-state index contributed by atoms with van der Waals surface area (Å²) in [5.74, 6) is 0.124. The van der Waals surface area contributed by atoms with Gasteiger partial charge in [-0.05, 0) is 19.4 Å². The number of aryl methyl sites for hydroxylation is 1. The van der Waals surface area contributed by atoms with Gasteiger partial charge in [0.1, 0.15) is 0 Å². The number of H-pyrrole nitrogens is 1. The molecule has 1 atom stereocenters. The lowest BCUT2D eigenvalue weighted by molar-refractivity contribution is 0.418. The smallest absolute Gasteiger partial charge is 0.266 e. The number of benzene rings is 1. The van der Waals surface area contributed by atoms with Crippen molar-refractivity contribution in [2.45, 2.75) is 18.5 Å². The summed E-state index contributed by atoms with van der Waals surface area (Å²) in [7, 11) is -1.41. The number of rotatable bonds is 5. The number of aromatic amines is 1. The Labute approximate surface area is 118 Å². The summed E-state index contributed by atoms with van der Waals surface area (Å²) >= 11 is 0. The van der Waals surface area contributed by atoms with Gasteiger partial charge in [0, 0.05) is 17.0 Å². The van der Waals surface area contributed by atoms with Gasteiger partial charge in [-0.2, -0.15) is 8.78 Å². The van der Waals surface area contributed by atoms with Crippen molar-refractivity contribution in [1.29, 1.82) is 0 Å². The first-order chi connectivity index (χ1) is 9.58. The van der Waals surface area contributed by atoms with Crippen LogP contribution in [0.4, 0.5) is 8.78 Å². The van der Waals surface area contributed by atoms with Crippen LogP contribution in [0, 0.1) is 6.92 Å². The zero-order valence-electron chi connectivity index (χ0n) is 10.9. The SMILES string of the molecule is Cc1[nH]c(S(=O)CCC=C(F)F)nc1-c1ccccc1. The Morgan fingerprint density at radius 2 is 2.05 bits per heavy atom. The minimum absolute atomic E-state index is 0.0648. The number of allylic oxidation sites excluding steroid dienone is 1. The fourth-order valence-corrected chi connectivity index (χ4v) is 2.77. The Balaban J connectivity index is 2.15. The molecule has 0 saturated heterocycles. The third-order valence-electron chi connectivity index (χ3n) is 2.73. The maximum atomic E-state index is 12.0. The lowest BCUT2D eigenvalue weighted by atomic mass is 10.1. The van der Waals surface area contributed by atoms with Gasteiger partial charge in [-0.25, -0.2) is 4.98 Å². The van der Waals surface area contributed by atoms with Gasteiger partial charge in [0.2, 0.25) is 0 Å². The van der Waals surface area contributed by atoms with Gasteiger partial charge in [-0.3, -0.25) is 4.21 Å². The van der Waals surface area contributed by atoms with Crippen molar-refractivity contribution >= 4 is 10.8 Å². The highest BCUT2D eigenvalue weighted by atomic mass is 32.2. The average molecular weight is 296 g/mol. The second-order valence-corrected chi connectivity index (χ2v) is 5.70. The molecule has 0 radical (unpaired) electrons. The monoisotopic (exact) mass is 296 g/mol. The average Bonchev–Trinajstić information content (AvgIpc) is 2.81. The summed E-state index contributed by atoms with van der Waals surface area (Å²) in [5, 5.41) is 0.328. The quantitative estimate of drug-likeness (QED) is 0.915. The zero-order valence-corrected chi connectivity index (χ0v) is 11.7. The molecular formula is C14H14F2N2OS. The Morgan fingerprint density at radius 1 is 1.35 bits per heavy atom. The van der Waals surface area contributed by atoms with Gasteiger partial charge in [0.15, 0.2) is 5.16 Å². The molecule has 2 aromatic rings. The number of hydrogen-bond donors (Lipinski definition) is 1. The fourth-order valence-electron chi connectivity index (χ4n) is 1.79. The highest BCUT2D eigenvalue weighted by Crippen LogP contribution is 2.21. The molecule has 0 aliphatic heterocycles. The summed E-state index contributed by atoms with van der Waals surface area (Å²) in [5.41, 5.74) is 2.48. The summed E-state index contributed by atoms with van der Waals surface area (Å²) in [4.78, 5) is 7.28. The number of nitrogens with zero attached hydrogens (tertiary/aromatic N) is 1. The first-order valence-electron chi connectivity index (χ1n) is 6.09. The minimum Gasteiger partial charge on any atom is -0.334 e. The van der Waals surface area contributed by atoms with Crippen molar-refractivity contribution < 1.29 is 13.0 Å². The van der Waals surface area contributed by atoms with Crippen LogP contribution in [0.15, 0.2) is 47.6 Å². The van der Waals surface area contributed by atoms with E-state index >= 15 is 0 Å². The van der Waals surface area contributed by atoms with Crippen molar-refractivity contribution in [3.8, 4) is 11.3 Å². The van der Waals surface area contributed by atoms with Crippen LogP contribution >= 0.6 is 0 Å². The van der Waals surface area contributed by atoms with Crippen LogP contribution < -0.4 is 0 Å². The topological polar surface area (TPSA) is 45.8 Å². The normalized spacial score (nSPS) is 12.2. The van der Waals surface area contributed by atoms with Gasteiger partial charge in [-0.15, -0.1) is 0 Å². The molecule has 0 aliphatic carbocycles. The molecule has 1 N–H and O–H groups in total. The third kappa shape index (κ3) is 3.60. The van der Waals surface area contributed by atoms with Crippen molar-refractivity contribution in [3.63, 3.8) is 0 Å². The number of aromatic nitrogens is 2. The molecular weight excluding hydrogens is 282 g/mol. The van der Waals surface area contributed by atoms with Crippen molar-refractivity contribution in [2.75, 3.05) is 5.75 Å². The Bertz CT molecular complexity index is 634. The first-order valence-corrected chi connectivity index (χ1v) is 7.41. The molecule has 0 spiro atoms. The highest BCUT2D eigenvalue weighted by molar-refractivity contribution is 7.84. The Morgan fingerprint density at radius 3 is 2.70 bits per heavy atom. The molecule has 0 aliphatic rings. The summed E-state index contributed by atoms with van der Waals surface area (Å²) < 4.78 is 35.8. The van der Waals surface area contributed by atoms with E-state index in [1.807, 2.05) is 37.3 Å². The van der Waals surface area contributed by atoms with Crippen LogP contribution in [0.3, 0.4) is 0 Å². The molecule has 6 heteroatoms. The van der Waals surface area contributed by atoms with E-state index in [0.717, 1.165) is 23.0 Å². The van der Waals surface area contributed by atoms with E-state index < -0.39 is 16.9 Å². The molecule has 0 amide bonds. The van der Waals surface area contributed by atoms with Gasteiger partial charge >= 0.3 is 0 Å². The van der Waals surface area contributed by atoms with Crippen LogP contribution in [-0.4, -0.2) is 19.9 Å². The second kappa shape index (κ2) is 6.56. The predicted molar refractivity (Wildman–Crippen MR) is 75.0 cm³/mol. The van der Waals surface area contributed by atoms with E-state index in [1.54, 1.807) is 0 Å². The summed E-state index contributed by atoms with van der Waals surface area (Å²) in [6.45, 7) is 1.84. The first kappa shape index (κ1) is 14.6. The highest BCUT2D eigenvalue weighted by Gasteiger charge is 2.13. The largest absolute Gasteiger partial charge is 0.334 e. The Kier molecular flexibility index (Phi) is 4.79. The van der Waals surface area contributed by atoms with Crippen LogP contribution in [0.5, 0.6) is 0 Å². The molecule has 1 aromatic heterocycles. The van der Waals surface area contributed by atoms with Crippen molar-refractivity contribution in [3.05, 3.63) is 48.2 Å². The van der Waals surface area contributed by atoms with E-state index in [9.17, 15) is 13.0 Å². The van der Waals surface area contributed by atoms with Gasteiger partial charge in [-0.1, -0.05) is 30.3 Å². The number of hydrogen-bond acceptors (Lipinski definition) is 2. The third-order valence-corrected chi connectivity index (χ3v) is 3.96. The molecule has 3 nitrogen and oxygen atoms in total. The van der Waals surface area contributed by atoms with E-state index in [1.165, 1.54) is 0 Å². The molecule has 106 valence electrons. The fraction of sp³-hybridized carbons (Fsp3) is 0.214. The standard InChI is InChI=1S/C14H14F2N2OS/c1-10-13(11-6-3-2-4-7-11)18-14(17-10)20(19)9-5-8-12(15)16/h2-4,6-8H,5,9H2,1H3,(H,17,18). The van der Waals surface area contributed by atoms with Crippen molar-refractivity contribution in [1.82, 2.24) is 9.97 Å². The van der Waals surface area contributed by atoms with E-state index in [4.69, 9.17) is 0 Å². The van der Waals surface area contributed by atoms with Crippen LogP contribution in [-0.2, 0) is 10.8 Å². The second-order valence-electron chi connectivity index (χ2n) is 4.21. The van der Waals surface area contributed by atoms with E-state index in [2.05, 4.69) is 9.97 Å². The van der Waals surface area contributed by atoms with E-state index in [0.29, 0.717) is 5.16 Å². The predicted octanol–water partition coefficient (Wildman–Crippen LogP) is 3.66. The number of nitrogens with one attached hydrogen (secondary N) is 1. The van der Waals surface area contributed by atoms with Crippen LogP contribution in [0.2, 0.25) is 0 Å². The van der Waals surface area contributed by atoms with Crippen LogP contribution in [0.1, 0.15) is 12.1 Å². The number of imidazole rings is 1. The minimum atomic E-state index is -1.75. The number of halogens is 2. The van der Waals surface area contributed by atoms with Gasteiger partial charge in [0.05, 0.1) is 16.5 Å². The summed E-state index contributed by atoms with van der Waals surface area (Å²) in [6.07, 6.45) is -0.913. The van der Waals surface area contributed by atoms with Crippen LogP contribution in [0.25, 0.3) is 11.3 Å². The maximum Gasteiger partial charge on any atom is 0.266 e. The van der Waals surface area contributed by atoms with Gasteiger partial charge < -0.3 is 4.98 Å². The molecule has 0 saturated carbocycles. The Hall–Kier alpha value is -1.82. The van der Waals surface area contributed by atoms with Crippen molar-refractivity contribution in [2.24, 2.45) is 0 Å². The summed E-state index contributed by atoms with van der Waals surface area (Å²) in [6, 6.07) is 9.53. The molecule has 1 unspecified atom stereocenters.